The van der Waals surface area contributed by atoms with Crippen molar-refractivity contribution in [3.63, 3.8) is 0 Å². The van der Waals surface area contributed by atoms with E-state index in [1.54, 1.807) is 4.90 Å². The summed E-state index contributed by atoms with van der Waals surface area (Å²) in [5.41, 5.74) is -0.445. The van der Waals surface area contributed by atoms with E-state index < -0.39 is 5.60 Å². The molecule has 1 rings (SSSR count). The number of rotatable bonds is 1. The highest BCUT2D eigenvalue weighted by Gasteiger charge is 2.23. The van der Waals surface area contributed by atoms with E-state index in [1.807, 2.05) is 26.8 Å². The van der Waals surface area contributed by atoms with Crippen LogP contribution in [-0.2, 0) is 8.92 Å². The zero-order valence-electron chi connectivity index (χ0n) is 10.0. The van der Waals surface area contributed by atoms with Crippen molar-refractivity contribution in [1.82, 2.24) is 4.90 Å². The van der Waals surface area contributed by atoms with Gasteiger partial charge >= 0.3 is 6.09 Å². The summed E-state index contributed by atoms with van der Waals surface area (Å²) in [5.74, 6) is 0.814. The van der Waals surface area contributed by atoms with Crippen molar-refractivity contribution < 1.29 is 13.7 Å². The Bertz CT molecular complexity index is 283. The van der Waals surface area contributed by atoms with Gasteiger partial charge in [0.1, 0.15) is 11.4 Å². The van der Waals surface area contributed by atoms with E-state index in [9.17, 15) is 4.79 Å². The van der Waals surface area contributed by atoms with Crippen molar-refractivity contribution in [2.45, 2.75) is 39.2 Å². The van der Waals surface area contributed by atoms with Gasteiger partial charge in [-0.05, 0) is 33.3 Å². The molecule has 0 aliphatic carbocycles. The molecule has 0 aromatic carbocycles. The number of carbonyl (C=O) groups excluding carboxylic acids is 1. The van der Waals surface area contributed by atoms with Crippen LogP contribution in [0, 0.1) is 0 Å². The summed E-state index contributed by atoms with van der Waals surface area (Å²) >= 11 is 3.76. The van der Waals surface area contributed by atoms with Gasteiger partial charge in [0.25, 0.3) is 0 Å². The number of thiol groups is 1. The van der Waals surface area contributed by atoms with Crippen molar-refractivity contribution in [2.75, 3.05) is 13.1 Å². The average molecular weight is 245 g/mol. The van der Waals surface area contributed by atoms with Gasteiger partial charge in [-0.1, -0.05) is 0 Å². The first-order chi connectivity index (χ1) is 7.42. The Balaban J connectivity index is 2.48. The van der Waals surface area contributed by atoms with Gasteiger partial charge in [-0.25, -0.2) is 4.79 Å². The molecule has 0 aromatic rings. The lowest BCUT2D eigenvalue weighted by Crippen LogP contribution is -2.37. The predicted octanol–water partition coefficient (Wildman–Crippen LogP) is 2.76. The summed E-state index contributed by atoms with van der Waals surface area (Å²) in [5, 5.41) is 0. The minimum Gasteiger partial charge on any atom is -0.444 e. The van der Waals surface area contributed by atoms with Gasteiger partial charge in [0.2, 0.25) is 0 Å². The fourth-order valence-electron chi connectivity index (χ4n) is 1.43. The molecule has 0 saturated carbocycles. The fraction of sp³-hybridized carbons (Fsp3) is 0.727. The molecule has 1 amide bonds. The van der Waals surface area contributed by atoms with Gasteiger partial charge in [-0.15, -0.1) is 0 Å². The van der Waals surface area contributed by atoms with E-state index in [1.165, 1.54) is 0 Å². The maximum absolute atomic E-state index is 11.8. The largest absolute Gasteiger partial charge is 0.444 e. The normalized spacial score (nSPS) is 17.5. The highest BCUT2D eigenvalue weighted by Crippen LogP contribution is 2.16. The van der Waals surface area contributed by atoms with E-state index in [0.717, 1.165) is 12.2 Å². The molecule has 0 atom stereocenters. The Morgan fingerprint density at radius 2 is 2.12 bits per heavy atom. The van der Waals surface area contributed by atoms with Gasteiger partial charge < -0.3 is 13.8 Å². The lowest BCUT2D eigenvalue weighted by atomic mass is 10.2. The van der Waals surface area contributed by atoms with Crippen LogP contribution in [0.4, 0.5) is 4.79 Å². The smallest absolute Gasteiger partial charge is 0.410 e. The van der Waals surface area contributed by atoms with Gasteiger partial charge in [0.15, 0.2) is 0 Å². The van der Waals surface area contributed by atoms with Gasteiger partial charge in [0.05, 0.1) is 0 Å². The standard InChI is InChI=1S/C11H19NO3S/c1-11(2,3)14-10(13)12-7-4-5-9(15-16)6-8-12/h5,16H,4,6-8H2,1-3H3. The summed E-state index contributed by atoms with van der Waals surface area (Å²) in [6, 6.07) is 0. The summed E-state index contributed by atoms with van der Waals surface area (Å²) in [7, 11) is 0. The van der Waals surface area contributed by atoms with Crippen LogP contribution in [0.5, 0.6) is 0 Å². The Hall–Kier alpha value is -0.840. The molecule has 0 saturated heterocycles. The molecule has 92 valence electrons. The Morgan fingerprint density at radius 1 is 1.44 bits per heavy atom. The third kappa shape index (κ3) is 4.35. The number of ether oxygens (including phenoxy) is 1. The van der Waals surface area contributed by atoms with Gasteiger partial charge in [0, 0.05) is 32.4 Å². The number of amides is 1. The average Bonchev–Trinajstić information content (AvgIpc) is 2.39. The SMILES string of the molecule is CC(C)(C)OC(=O)N1CCC=C(OS)CC1. The first kappa shape index (κ1) is 13.2. The second kappa shape index (κ2) is 5.48. The van der Waals surface area contributed by atoms with Crippen LogP contribution in [0.3, 0.4) is 0 Å². The number of carbonyl (C=O) groups is 1. The van der Waals surface area contributed by atoms with Crippen LogP contribution < -0.4 is 0 Å². The molecule has 4 nitrogen and oxygen atoms in total. The molecule has 0 fully saturated rings. The maximum Gasteiger partial charge on any atom is 0.410 e. The summed E-state index contributed by atoms with van der Waals surface area (Å²) in [6.07, 6.45) is 3.15. The topological polar surface area (TPSA) is 38.8 Å². The molecule has 5 heteroatoms. The second-order valence-electron chi connectivity index (χ2n) is 4.77. The molecule has 0 aromatic heterocycles. The fourth-order valence-corrected chi connectivity index (χ4v) is 1.60. The van der Waals surface area contributed by atoms with Crippen molar-refractivity contribution >= 4 is 19.0 Å². The third-order valence-corrected chi connectivity index (χ3v) is 2.40. The van der Waals surface area contributed by atoms with E-state index in [4.69, 9.17) is 8.92 Å². The van der Waals surface area contributed by atoms with E-state index in [2.05, 4.69) is 12.9 Å². The van der Waals surface area contributed by atoms with Crippen LogP contribution in [0.25, 0.3) is 0 Å². The van der Waals surface area contributed by atoms with E-state index >= 15 is 0 Å². The van der Waals surface area contributed by atoms with Crippen molar-refractivity contribution in [3.05, 3.63) is 11.8 Å². The molecule has 0 unspecified atom stereocenters. The first-order valence-corrected chi connectivity index (χ1v) is 5.77. The molecule has 1 heterocycles. The molecule has 16 heavy (non-hydrogen) atoms. The molecule has 0 radical (unpaired) electrons. The van der Waals surface area contributed by atoms with Gasteiger partial charge in [-0.2, -0.15) is 0 Å². The zero-order chi connectivity index (χ0) is 12.2. The molecular formula is C11H19NO3S. The highest BCUT2D eigenvalue weighted by atomic mass is 32.1. The van der Waals surface area contributed by atoms with Crippen LogP contribution >= 0.6 is 12.9 Å². The van der Waals surface area contributed by atoms with Crippen LogP contribution in [0.1, 0.15) is 33.6 Å². The molecule has 0 N–H and O–H groups in total. The number of hydrogen-bond acceptors (Lipinski definition) is 4. The van der Waals surface area contributed by atoms with Crippen LogP contribution in [0.15, 0.2) is 11.8 Å². The van der Waals surface area contributed by atoms with Crippen molar-refractivity contribution in [1.29, 1.82) is 0 Å². The van der Waals surface area contributed by atoms with Crippen molar-refractivity contribution in [3.8, 4) is 0 Å². The van der Waals surface area contributed by atoms with Crippen molar-refractivity contribution in [2.24, 2.45) is 0 Å². The molecule has 1 aliphatic heterocycles. The minimum absolute atomic E-state index is 0.263. The van der Waals surface area contributed by atoms with Crippen LogP contribution in [0.2, 0.25) is 0 Å². The highest BCUT2D eigenvalue weighted by molar-refractivity contribution is 7.75. The Kier molecular flexibility index (Phi) is 4.53. The van der Waals surface area contributed by atoms with Gasteiger partial charge in [-0.3, -0.25) is 0 Å². The third-order valence-electron chi connectivity index (χ3n) is 2.17. The Morgan fingerprint density at radius 3 is 2.69 bits per heavy atom. The zero-order valence-corrected chi connectivity index (χ0v) is 10.9. The number of hydrogen-bond donors (Lipinski definition) is 1. The minimum atomic E-state index is -0.445. The summed E-state index contributed by atoms with van der Waals surface area (Å²) in [6.45, 7) is 6.87. The lowest BCUT2D eigenvalue weighted by molar-refractivity contribution is 0.0257. The first-order valence-electron chi connectivity index (χ1n) is 5.41. The van der Waals surface area contributed by atoms with E-state index in [0.29, 0.717) is 19.5 Å². The van der Waals surface area contributed by atoms with E-state index in [-0.39, 0.29) is 6.09 Å². The predicted molar refractivity (Wildman–Crippen MR) is 65.2 cm³/mol. The maximum atomic E-state index is 11.8. The number of nitrogens with zero attached hydrogens (tertiary/aromatic N) is 1. The quantitative estimate of drug-likeness (QED) is 0.570. The molecule has 1 aliphatic rings. The summed E-state index contributed by atoms with van der Waals surface area (Å²) in [4.78, 5) is 13.5. The molecule has 0 spiro atoms. The molecular weight excluding hydrogens is 226 g/mol. The lowest BCUT2D eigenvalue weighted by Gasteiger charge is -2.26. The summed E-state index contributed by atoms with van der Waals surface area (Å²) < 4.78 is 10.2. The molecule has 0 bridgehead atoms. The monoisotopic (exact) mass is 245 g/mol. The van der Waals surface area contributed by atoms with Crippen LogP contribution in [-0.4, -0.2) is 29.7 Å². The second-order valence-corrected chi connectivity index (χ2v) is 4.95. The Labute approximate surface area is 102 Å².